The number of amides is 2. The SMILES string of the molecule is CCOC(Cc1ccc(OCCN(CCCCOCc2ccc(F)cc2)C(=O)Nc2cc(C)ccc2OC)cc1)C(=O)O. The van der Waals surface area contributed by atoms with Gasteiger partial charge in [-0.1, -0.05) is 30.3 Å². The second kappa shape index (κ2) is 17.7. The minimum atomic E-state index is -0.997. The number of anilines is 1. The Morgan fingerprint density at radius 2 is 1.67 bits per heavy atom. The molecule has 3 aromatic carbocycles. The summed E-state index contributed by atoms with van der Waals surface area (Å²) >= 11 is 0. The van der Waals surface area contributed by atoms with E-state index in [1.807, 2.05) is 37.3 Å². The molecule has 0 bridgehead atoms. The van der Waals surface area contributed by atoms with Gasteiger partial charge in [0.05, 0.1) is 25.9 Å². The molecule has 9 nitrogen and oxygen atoms in total. The van der Waals surface area contributed by atoms with Gasteiger partial charge in [-0.3, -0.25) is 0 Å². The number of rotatable bonds is 18. The number of carboxylic acids is 1. The molecule has 0 aliphatic carbocycles. The van der Waals surface area contributed by atoms with Crippen molar-refractivity contribution in [1.82, 2.24) is 4.90 Å². The van der Waals surface area contributed by atoms with E-state index in [1.54, 1.807) is 43.2 Å². The predicted octanol–water partition coefficient (Wildman–Crippen LogP) is 6.08. The first-order valence-electron chi connectivity index (χ1n) is 14.4. The van der Waals surface area contributed by atoms with Gasteiger partial charge in [0, 0.05) is 26.2 Å². The molecule has 0 radical (unpaired) electrons. The van der Waals surface area contributed by atoms with Crippen molar-refractivity contribution in [3.05, 3.63) is 89.2 Å². The lowest BCUT2D eigenvalue weighted by Gasteiger charge is -2.24. The van der Waals surface area contributed by atoms with Crippen LogP contribution in [0, 0.1) is 12.7 Å². The van der Waals surface area contributed by atoms with Crippen LogP contribution in [0.5, 0.6) is 11.5 Å². The van der Waals surface area contributed by atoms with E-state index in [0.29, 0.717) is 56.5 Å². The fraction of sp³-hybridized carbons (Fsp3) is 0.394. The number of carbonyl (C=O) groups excluding carboxylic acids is 1. The molecule has 0 saturated carbocycles. The van der Waals surface area contributed by atoms with Crippen molar-refractivity contribution in [2.24, 2.45) is 0 Å². The van der Waals surface area contributed by atoms with Crippen LogP contribution in [-0.2, 0) is 27.3 Å². The van der Waals surface area contributed by atoms with Gasteiger partial charge in [-0.2, -0.15) is 0 Å². The summed E-state index contributed by atoms with van der Waals surface area (Å²) in [5.74, 6) is -0.0955. The summed E-state index contributed by atoms with van der Waals surface area (Å²) in [6.07, 6.45) is 0.804. The molecule has 0 fully saturated rings. The number of urea groups is 1. The molecule has 1 atom stereocenters. The van der Waals surface area contributed by atoms with Crippen molar-refractivity contribution in [2.45, 2.75) is 45.8 Å². The summed E-state index contributed by atoms with van der Waals surface area (Å²) in [4.78, 5) is 26.4. The lowest BCUT2D eigenvalue weighted by Crippen LogP contribution is -2.38. The van der Waals surface area contributed by atoms with Crippen LogP contribution in [0.2, 0.25) is 0 Å². The number of carbonyl (C=O) groups is 2. The Kier molecular flexibility index (Phi) is 13.7. The lowest BCUT2D eigenvalue weighted by molar-refractivity contribution is -0.149. The highest BCUT2D eigenvalue weighted by Crippen LogP contribution is 2.25. The quantitative estimate of drug-likeness (QED) is 0.171. The number of unbranched alkanes of at least 4 members (excludes halogenated alkanes) is 1. The number of aryl methyl sites for hydroxylation is 1. The average molecular weight is 597 g/mol. The Hall–Kier alpha value is -4.15. The summed E-state index contributed by atoms with van der Waals surface area (Å²) in [5, 5.41) is 12.3. The maximum atomic E-state index is 13.3. The zero-order chi connectivity index (χ0) is 31.0. The predicted molar refractivity (Wildman–Crippen MR) is 162 cm³/mol. The molecule has 0 spiro atoms. The maximum absolute atomic E-state index is 13.3. The van der Waals surface area contributed by atoms with Crippen molar-refractivity contribution in [1.29, 1.82) is 0 Å². The van der Waals surface area contributed by atoms with E-state index in [2.05, 4.69) is 5.32 Å². The van der Waals surface area contributed by atoms with Crippen molar-refractivity contribution >= 4 is 17.7 Å². The number of nitrogens with zero attached hydrogens (tertiary/aromatic N) is 1. The Morgan fingerprint density at radius 1 is 0.953 bits per heavy atom. The van der Waals surface area contributed by atoms with Gasteiger partial charge in [0.2, 0.25) is 0 Å². The standard InChI is InChI=1S/C33H41FN2O7/c1-4-42-31(32(37)38)22-25-10-14-28(15-11-25)43-20-18-36(33(39)35-29-21-24(2)7-16-30(29)40-3)17-5-6-19-41-23-26-8-12-27(34)13-9-26/h7-16,21,31H,4-6,17-20,22-23H2,1-3H3,(H,35,39)(H,37,38). The van der Waals surface area contributed by atoms with Gasteiger partial charge in [-0.25, -0.2) is 14.0 Å². The lowest BCUT2D eigenvalue weighted by atomic mass is 10.1. The van der Waals surface area contributed by atoms with Crippen LogP contribution in [0.15, 0.2) is 66.7 Å². The number of carboxylic acid groups (broad SMARTS) is 1. The minimum Gasteiger partial charge on any atom is -0.495 e. The number of hydrogen-bond donors (Lipinski definition) is 2. The van der Waals surface area contributed by atoms with Gasteiger partial charge in [-0.05, 0) is 79.8 Å². The van der Waals surface area contributed by atoms with Crippen molar-refractivity contribution in [2.75, 3.05) is 45.3 Å². The van der Waals surface area contributed by atoms with Gasteiger partial charge in [0.1, 0.15) is 23.9 Å². The van der Waals surface area contributed by atoms with Gasteiger partial charge < -0.3 is 34.3 Å². The third-order valence-electron chi connectivity index (χ3n) is 6.65. The average Bonchev–Trinajstić information content (AvgIpc) is 2.99. The second-order valence-electron chi connectivity index (χ2n) is 9.99. The number of halogens is 1. The van der Waals surface area contributed by atoms with E-state index in [9.17, 15) is 19.1 Å². The van der Waals surface area contributed by atoms with E-state index in [1.165, 1.54) is 12.1 Å². The Bertz CT molecular complexity index is 1290. The molecule has 3 rings (SSSR count). The Morgan fingerprint density at radius 3 is 2.35 bits per heavy atom. The summed E-state index contributed by atoms with van der Waals surface area (Å²) in [5.41, 5.74) is 3.30. The summed E-state index contributed by atoms with van der Waals surface area (Å²) in [6.45, 7) is 6.01. The Labute approximate surface area is 252 Å². The molecule has 10 heteroatoms. The number of methoxy groups -OCH3 is 1. The first-order valence-corrected chi connectivity index (χ1v) is 14.4. The molecule has 0 aliphatic heterocycles. The molecule has 232 valence electrons. The summed E-state index contributed by atoms with van der Waals surface area (Å²) in [6, 6.07) is 18.7. The topological polar surface area (TPSA) is 107 Å². The first-order chi connectivity index (χ1) is 20.8. The highest BCUT2D eigenvalue weighted by atomic mass is 19.1. The third-order valence-corrected chi connectivity index (χ3v) is 6.65. The normalized spacial score (nSPS) is 11.5. The number of ether oxygens (including phenoxy) is 4. The van der Waals surface area contributed by atoms with Gasteiger partial charge in [-0.15, -0.1) is 0 Å². The monoisotopic (exact) mass is 596 g/mol. The van der Waals surface area contributed by atoms with Crippen LogP contribution in [0.4, 0.5) is 14.9 Å². The fourth-order valence-electron chi connectivity index (χ4n) is 4.33. The molecular formula is C33H41FN2O7. The molecule has 0 heterocycles. The van der Waals surface area contributed by atoms with Gasteiger partial charge in [0.15, 0.2) is 6.10 Å². The second-order valence-corrected chi connectivity index (χ2v) is 9.99. The van der Waals surface area contributed by atoms with E-state index < -0.39 is 12.1 Å². The van der Waals surface area contributed by atoms with Crippen molar-refractivity contribution in [3.63, 3.8) is 0 Å². The fourth-order valence-corrected chi connectivity index (χ4v) is 4.33. The first kappa shape index (κ1) is 33.4. The molecule has 0 aliphatic rings. The number of aliphatic carboxylic acids is 1. The van der Waals surface area contributed by atoms with Crippen LogP contribution >= 0.6 is 0 Å². The molecule has 43 heavy (non-hydrogen) atoms. The van der Waals surface area contributed by atoms with Crippen LogP contribution in [-0.4, -0.2) is 68.1 Å². The van der Waals surface area contributed by atoms with E-state index >= 15 is 0 Å². The Balaban J connectivity index is 1.54. The van der Waals surface area contributed by atoms with Crippen LogP contribution in [0.25, 0.3) is 0 Å². The van der Waals surface area contributed by atoms with Crippen LogP contribution in [0.1, 0.15) is 36.5 Å². The van der Waals surface area contributed by atoms with Crippen molar-refractivity contribution < 1.29 is 38.0 Å². The van der Waals surface area contributed by atoms with E-state index in [0.717, 1.165) is 23.1 Å². The smallest absolute Gasteiger partial charge is 0.333 e. The summed E-state index contributed by atoms with van der Waals surface area (Å²) < 4.78 is 35.4. The highest BCUT2D eigenvalue weighted by Gasteiger charge is 2.18. The number of nitrogens with one attached hydrogen (secondary N) is 1. The largest absolute Gasteiger partial charge is 0.495 e. The molecule has 0 saturated heterocycles. The molecular weight excluding hydrogens is 555 g/mol. The molecule has 0 aromatic heterocycles. The summed E-state index contributed by atoms with van der Waals surface area (Å²) in [7, 11) is 1.56. The highest BCUT2D eigenvalue weighted by molar-refractivity contribution is 5.91. The van der Waals surface area contributed by atoms with Crippen molar-refractivity contribution in [3.8, 4) is 11.5 Å². The third kappa shape index (κ3) is 11.6. The number of hydrogen-bond acceptors (Lipinski definition) is 6. The molecule has 3 aromatic rings. The molecule has 1 unspecified atom stereocenters. The van der Waals surface area contributed by atoms with Crippen LogP contribution < -0.4 is 14.8 Å². The molecule has 2 amide bonds. The maximum Gasteiger partial charge on any atom is 0.333 e. The van der Waals surface area contributed by atoms with E-state index in [4.69, 9.17) is 18.9 Å². The minimum absolute atomic E-state index is 0.257. The van der Waals surface area contributed by atoms with Crippen LogP contribution in [0.3, 0.4) is 0 Å². The van der Waals surface area contributed by atoms with Gasteiger partial charge in [0.25, 0.3) is 0 Å². The molecule has 2 N–H and O–H groups in total. The zero-order valence-electron chi connectivity index (χ0n) is 25.0. The van der Waals surface area contributed by atoms with E-state index in [-0.39, 0.29) is 24.9 Å². The zero-order valence-corrected chi connectivity index (χ0v) is 25.0. The van der Waals surface area contributed by atoms with Gasteiger partial charge >= 0.3 is 12.0 Å². The number of benzene rings is 3.